The normalized spacial score (nSPS) is 21.0. The fraction of sp³-hybridized carbons (Fsp3) is 0.350. The molecule has 3 heteroatoms. The number of carbonyl (C=O) groups excluding carboxylic acids is 1. The molecule has 1 saturated heterocycles. The van der Waals surface area contributed by atoms with E-state index >= 15 is 0 Å². The van der Waals surface area contributed by atoms with Gasteiger partial charge in [0.25, 0.3) is 0 Å². The molecule has 0 bridgehead atoms. The van der Waals surface area contributed by atoms with Gasteiger partial charge in [-0.1, -0.05) is 56.1 Å². The van der Waals surface area contributed by atoms with Gasteiger partial charge in [-0.25, -0.2) is 0 Å². The quantitative estimate of drug-likeness (QED) is 0.768. The Morgan fingerprint density at radius 2 is 1.91 bits per heavy atom. The first kappa shape index (κ1) is 16.1. The zero-order valence-electron chi connectivity index (χ0n) is 13.6. The van der Waals surface area contributed by atoms with Crippen LogP contribution >= 0.6 is 11.6 Å². The predicted molar refractivity (Wildman–Crippen MR) is 96.1 cm³/mol. The second kappa shape index (κ2) is 6.76. The molecule has 0 spiro atoms. The van der Waals surface area contributed by atoms with Crippen LogP contribution < -0.4 is 4.90 Å². The molecule has 0 aromatic heterocycles. The summed E-state index contributed by atoms with van der Waals surface area (Å²) in [4.78, 5) is 15.0. The maximum atomic E-state index is 13.1. The summed E-state index contributed by atoms with van der Waals surface area (Å²) in [6.07, 6.45) is 1.96. The van der Waals surface area contributed by atoms with Crippen molar-refractivity contribution in [2.24, 2.45) is 5.92 Å². The summed E-state index contributed by atoms with van der Waals surface area (Å²) in [5, 5.41) is 0.691. The fourth-order valence-corrected chi connectivity index (χ4v) is 3.65. The van der Waals surface area contributed by atoms with Crippen LogP contribution in [0.3, 0.4) is 0 Å². The smallest absolute Gasteiger partial charge is 0.234 e. The van der Waals surface area contributed by atoms with E-state index < -0.39 is 0 Å². The minimum atomic E-state index is -0.0935. The van der Waals surface area contributed by atoms with Crippen LogP contribution in [0.4, 0.5) is 5.69 Å². The number of carbonyl (C=O) groups is 1. The molecule has 2 nitrogen and oxygen atoms in total. The Hall–Kier alpha value is -1.80. The van der Waals surface area contributed by atoms with E-state index in [1.807, 2.05) is 41.3 Å². The van der Waals surface area contributed by atoms with Crippen molar-refractivity contribution < 1.29 is 4.79 Å². The highest BCUT2D eigenvalue weighted by molar-refractivity contribution is 6.30. The van der Waals surface area contributed by atoms with E-state index in [0.29, 0.717) is 10.9 Å². The highest BCUT2D eigenvalue weighted by Gasteiger charge is 2.40. The molecule has 1 heterocycles. The van der Waals surface area contributed by atoms with Gasteiger partial charge in [-0.3, -0.25) is 4.79 Å². The third-order valence-electron chi connectivity index (χ3n) is 4.78. The van der Waals surface area contributed by atoms with E-state index in [2.05, 4.69) is 26.0 Å². The summed E-state index contributed by atoms with van der Waals surface area (Å²) in [5.74, 6) is 0.419. The highest BCUT2D eigenvalue weighted by atomic mass is 35.5. The number of halogens is 1. The molecule has 0 N–H and O–H groups in total. The van der Waals surface area contributed by atoms with Gasteiger partial charge in [0.2, 0.25) is 5.91 Å². The van der Waals surface area contributed by atoms with Gasteiger partial charge in [-0.05, 0) is 47.7 Å². The van der Waals surface area contributed by atoms with Crippen molar-refractivity contribution in [1.82, 2.24) is 0 Å². The van der Waals surface area contributed by atoms with Crippen LogP contribution in [0.2, 0.25) is 5.02 Å². The molecule has 1 aliphatic heterocycles. The number of benzene rings is 2. The van der Waals surface area contributed by atoms with Crippen molar-refractivity contribution in [3.05, 3.63) is 64.7 Å². The summed E-state index contributed by atoms with van der Waals surface area (Å²) in [6, 6.07) is 16.0. The first-order valence-electron chi connectivity index (χ1n) is 8.29. The third-order valence-corrected chi connectivity index (χ3v) is 5.02. The molecular weight excluding hydrogens is 306 g/mol. The van der Waals surface area contributed by atoms with E-state index in [-0.39, 0.29) is 11.8 Å². The first-order chi connectivity index (χ1) is 11.1. The Morgan fingerprint density at radius 3 is 2.61 bits per heavy atom. The van der Waals surface area contributed by atoms with Crippen LogP contribution in [0.1, 0.15) is 37.3 Å². The molecule has 1 aliphatic rings. The molecule has 23 heavy (non-hydrogen) atoms. The maximum absolute atomic E-state index is 13.1. The number of nitrogens with zero attached hydrogens (tertiary/aromatic N) is 1. The van der Waals surface area contributed by atoms with Gasteiger partial charge in [0.05, 0.1) is 5.92 Å². The summed E-state index contributed by atoms with van der Waals surface area (Å²) in [7, 11) is 0. The average molecular weight is 328 g/mol. The number of rotatable bonds is 4. The molecule has 2 aromatic rings. The largest absolute Gasteiger partial charge is 0.312 e. The van der Waals surface area contributed by atoms with Gasteiger partial charge in [0, 0.05) is 17.3 Å². The van der Waals surface area contributed by atoms with Crippen LogP contribution in [0.25, 0.3) is 0 Å². The van der Waals surface area contributed by atoms with Gasteiger partial charge >= 0.3 is 0 Å². The zero-order valence-corrected chi connectivity index (χ0v) is 14.4. The van der Waals surface area contributed by atoms with Crippen molar-refractivity contribution >= 4 is 23.2 Å². The molecule has 2 unspecified atom stereocenters. The fourth-order valence-electron chi connectivity index (χ4n) is 3.46. The second-order valence-electron chi connectivity index (χ2n) is 6.17. The minimum absolute atomic E-state index is 0.0935. The van der Waals surface area contributed by atoms with Crippen molar-refractivity contribution in [2.75, 3.05) is 11.4 Å². The summed E-state index contributed by atoms with van der Waals surface area (Å²) >= 11 is 6.13. The van der Waals surface area contributed by atoms with Crippen molar-refractivity contribution in [1.29, 1.82) is 0 Å². The molecule has 120 valence electrons. The molecule has 0 aliphatic carbocycles. The van der Waals surface area contributed by atoms with Gasteiger partial charge in [0.1, 0.15) is 0 Å². The zero-order chi connectivity index (χ0) is 16.4. The molecule has 2 aromatic carbocycles. The van der Waals surface area contributed by atoms with E-state index in [9.17, 15) is 4.79 Å². The molecule has 1 fully saturated rings. The second-order valence-corrected chi connectivity index (χ2v) is 6.61. The molecule has 0 radical (unpaired) electrons. The Labute approximate surface area is 143 Å². The topological polar surface area (TPSA) is 20.3 Å². The molecule has 3 rings (SSSR count). The van der Waals surface area contributed by atoms with Crippen molar-refractivity contribution in [3.8, 4) is 0 Å². The number of hydrogen-bond donors (Lipinski definition) is 0. The van der Waals surface area contributed by atoms with Gasteiger partial charge < -0.3 is 4.90 Å². The lowest BCUT2D eigenvalue weighted by Gasteiger charge is -2.18. The SMILES string of the molecule is CCc1cccc(N2CC(CC)C(c3cccc(Cl)c3)C2=O)c1. The van der Waals surface area contributed by atoms with Crippen LogP contribution in [-0.4, -0.2) is 12.5 Å². The molecule has 0 saturated carbocycles. The predicted octanol–water partition coefficient (Wildman–Crippen LogP) is 5.06. The maximum Gasteiger partial charge on any atom is 0.234 e. The van der Waals surface area contributed by atoms with Crippen LogP contribution in [0.15, 0.2) is 48.5 Å². The Bertz CT molecular complexity index is 712. The number of aryl methyl sites for hydroxylation is 1. The number of amides is 1. The number of hydrogen-bond acceptors (Lipinski definition) is 1. The van der Waals surface area contributed by atoms with E-state index in [4.69, 9.17) is 11.6 Å². The summed E-state index contributed by atoms with van der Waals surface area (Å²) < 4.78 is 0. The monoisotopic (exact) mass is 327 g/mol. The lowest BCUT2D eigenvalue weighted by molar-refractivity contribution is -0.118. The highest BCUT2D eigenvalue weighted by Crippen LogP contribution is 2.39. The van der Waals surface area contributed by atoms with Gasteiger partial charge in [-0.2, -0.15) is 0 Å². The van der Waals surface area contributed by atoms with Gasteiger partial charge in [0.15, 0.2) is 0 Å². The molecular formula is C20H22ClNO. The summed E-state index contributed by atoms with van der Waals surface area (Å²) in [5.41, 5.74) is 3.30. The lowest BCUT2D eigenvalue weighted by Crippen LogP contribution is -2.26. The minimum Gasteiger partial charge on any atom is -0.312 e. The van der Waals surface area contributed by atoms with Crippen LogP contribution in [-0.2, 0) is 11.2 Å². The number of anilines is 1. The van der Waals surface area contributed by atoms with E-state index in [0.717, 1.165) is 30.6 Å². The molecule has 1 amide bonds. The lowest BCUT2D eigenvalue weighted by atomic mass is 9.87. The third kappa shape index (κ3) is 3.13. The van der Waals surface area contributed by atoms with Crippen molar-refractivity contribution in [2.45, 2.75) is 32.6 Å². The van der Waals surface area contributed by atoms with E-state index in [1.165, 1.54) is 5.56 Å². The van der Waals surface area contributed by atoms with Crippen LogP contribution in [0, 0.1) is 5.92 Å². The molecule has 2 atom stereocenters. The average Bonchev–Trinajstić information content (AvgIpc) is 2.91. The summed E-state index contributed by atoms with van der Waals surface area (Å²) in [6.45, 7) is 5.07. The van der Waals surface area contributed by atoms with Crippen LogP contribution in [0.5, 0.6) is 0 Å². The Balaban J connectivity index is 1.95. The standard InChI is InChI=1S/C20H22ClNO/c1-3-14-7-5-10-18(11-14)22-13-15(4-2)19(20(22)23)16-8-6-9-17(21)12-16/h5-12,15,19H,3-4,13H2,1-2H3. The Morgan fingerprint density at radius 1 is 1.13 bits per heavy atom. The van der Waals surface area contributed by atoms with Gasteiger partial charge in [-0.15, -0.1) is 0 Å². The van der Waals surface area contributed by atoms with E-state index in [1.54, 1.807) is 0 Å². The Kier molecular flexibility index (Phi) is 4.72. The van der Waals surface area contributed by atoms with Crippen molar-refractivity contribution in [3.63, 3.8) is 0 Å². The first-order valence-corrected chi connectivity index (χ1v) is 8.67.